The first-order valence-electron chi connectivity index (χ1n) is 7.31. The molecule has 0 bridgehead atoms. The van der Waals surface area contributed by atoms with Crippen LogP contribution in [0.4, 0.5) is 4.39 Å². The van der Waals surface area contributed by atoms with Crippen molar-refractivity contribution in [2.24, 2.45) is 0 Å². The molecule has 1 unspecified atom stereocenters. The van der Waals surface area contributed by atoms with Gasteiger partial charge in [0.1, 0.15) is 10.8 Å². The number of hydrogen-bond acceptors (Lipinski definition) is 4. The Kier molecular flexibility index (Phi) is 3.21. The van der Waals surface area contributed by atoms with Crippen LogP contribution in [0.15, 0.2) is 18.2 Å². The Bertz CT molecular complexity index is 617. The molecule has 1 aromatic heterocycles. The van der Waals surface area contributed by atoms with Gasteiger partial charge in [0, 0.05) is 18.6 Å². The second-order valence-corrected chi connectivity index (χ2v) is 6.88. The summed E-state index contributed by atoms with van der Waals surface area (Å²) in [7, 11) is 0. The Balaban J connectivity index is 1.58. The Morgan fingerprint density at radius 3 is 2.95 bits per heavy atom. The lowest BCUT2D eigenvalue weighted by atomic mass is 10.2. The lowest BCUT2D eigenvalue weighted by Gasteiger charge is -2.27. The first-order chi connectivity index (χ1) is 9.79. The van der Waals surface area contributed by atoms with E-state index in [0.29, 0.717) is 6.04 Å². The first-order valence-corrected chi connectivity index (χ1v) is 8.13. The Morgan fingerprint density at radius 2 is 2.20 bits per heavy atom. The Labute approximate surface area is 121 Å². The SMILES string of the molecule is Fc1ccc2nc(CN(C3CC3)C3CCNC3)sc2c1. The summed E-state index contributed by atoms with van der Waals surface area (Å²) in [6.45, 7) is 3.13. The highest BCUT2D eigenvalue weighted by atomic mass is 32.1. The van der Waals surface area contributed by atoms with Crippen LogP contribution >= 0.6 is 11.3 Å². The van der Waals surface area contributed by atoms with Crippen molar-refractivity contribution in [3.63, 3.8) is 0 Å². The van der Waals surface area contributed by atoms with Gasteiger partial charge in [-0.05, 0) is 44.0 Å². The molecule has 20 heavy (non-hydrogen) atoms. The average Bonchev–Trinajstić information content (AvgIpc) is 2.98. The van der Waals surface area contributed by atoms with E-state index in [1.807, 2.05) is 0 Å². The molecule has 106 valence electrons. The van der Waals surface area contributed by atoms with Crippen LogP contribution in [0, 0.1) is 5.82 Å². The van der Waals surface area contributed by atoms with Gasteiger partial charge in [0.2, 0.25) is 0 Å². The third kappa shape index (κ3) is 2.45. The summed E-state index contributed by atoms with van der Waals surface area (Å²) in [6, 6.07) is 6.25. The van der Waals surface area contributed by atoms with Gasteiger partial charge in [-0.15, -0.1) is 11.3 Å². The zero-order valence-corrected chi connectivity index (χ0v) is 12.1. The number of halogens is 1. The highest BCUT2D eigenvalue weighted by Gasteiger charge is 2.35. The lowest BCUT2D eigenvalue weighted by Crippen LogP contribution is -2.38. The van der Waals surface area contributed by atoms with Crippen LogP contribution < -0.4 is 5.32 Å². The number of nitrogens with one attached hydrogen (secondary N) is 1. The quantitative estimate of drug-likeness (QED) is 0.939. The molecular weight excluding hydrogens is 273 g/mol. The molecular formula is C15H18FN3S. The number of fused-ring (bicyclic) bond motifs is 1. The average molecular weight is 291 g/mol. The minimum atomic E-state index is -0.174. The molecule has 4 rings (SSSR count). The molecule has 0 amide bonds. The van der Waals surface area contributed by atoms with Gasteiger partial charge in [-0.2, -0.15) is 0 Å². The van der Waals surface area contributed by atoms with E-state index in [1.54, 1.807) is 23.5 Å². The fourth-order valence-electron chi connectivity index (χ4n) is 3.05. The molecule has 0 spiro atoms. The molecule has 1 saturated heterocycles. The maximum absolute atomic E-state index is 13.3. The van der Waals surface area contributed by atoms with E-state index in [-0.39, 0.29) is 5.82 Å². The van der Waals surface area contributed by atoms with Crippen molar-refractivity contribution in [3.8, 4) is 0 Å². The fraction of sp³-hybridized carbons (Fsp3) is 0.533. The molecule has 2 aliphatic rings. The van der Waals surface area contributed by atoms with Crippen LogP contribution in [0.25, 0.3) is 10.2 Å². The predicted molar refractivity (Wildman–Crippen MR) is 79.4 cm³/mol. The number of thiazole rings is 1. The van der Waals surface area contributed by atoms with Gasteiger partial charge >= 0.3 is 0 Å². The summed E-state index contributed by atoms with van der Waals surface area (Å²) in [5, 5.41) is 4.56. The Morgan fingerprint density at radius 1 is 1.30 bits per heavy atom. The van der Waals surface area contributed by atoms with E-state index in [4.69, 9.17) is 0 Å². The Hall–Kier alpha value is -1.04. The zero-order valence-electron chi connectivity index (χ0n) is 11.3. The molecule has 1 aliphatic heterocycles. The molecule has 0 radical (unpaired) electrons. The lowest BCUT2D eigenvalue weighted by molar-refractivity contribution is 0.188. The second-order valence-electron chi connectivity index (χ2n) is 5.77. The number of hydrogen-bond donors (Lipinski definition) is 1. The largest absolute Gasteiger partial charge is 0.315 e. The minimum absolute atomic E-state index is 0.174. The normalized spacial score (nSPS) is 23.0. The topological polar surface area (TPSA) is 28.2 Å². The van der Waals surface area contributed by atoms with Gasteiger partial charge in [-0.1, -0.05) is 0 Å². The summed E-state index contributed by atoms with van der Waals surface area (Å²) in [5.41, 5.74) is 0.923. The fourth-order valence-corrected chi connectivity index (χ4v) is 4.06. The maximum Gasteiger partial charge on any atom is 0.124 e. The maximum atomic E-state index is 13.3. The molecule has 2 heterocycles. The van der Waals surface area contributed by atoms with Crippen LogP contribution in [0.1, 0.15) is 24.3 Å². The molecule has 2 aromatic rings. The van der Waals surface area contributed by atoms with Crippen LogP contribution in [0.2, 0.25) is 0 Å². The predicted octanol–water partition coefficient (Wildman–Crippen LogP) is 2.76. The molecule has 1 N–H and O–H groups in total. The van der Waals surface area contributed by atoms with Gasteiger partial charge in [0.15, 0.2) is 0 Å². The van der Waals surface area contributed by atoms with Crippen molar-refractivity contribution >= 4 is 21.6 Å². The summed E-state index contributed by atoms with van der Waals surface area (Å²) >= 11 is 1.63. The van der Waals surface area contributed by atoms with Crippen molar-refractivity contribution in [2.45, 2.75) is 37.9 Å². The van der Waals surface area contributed by atoms with Gasteiger partial charge in [0.05, 0.1) is 16.8 Å². The van der Waals surface area contributed by atoms with Crippen LogP contribution in [-0.4, -0.2) is 35.1 Å². The van der Waals surface area contributed by atoms with Crippen molar-refractivity contribution in [2.75, 3.05) is 13.1 Å². The second kappa shape index (κ2) is 5.06. The molecule has 1 saturated carbocycles. The minimum Gasteiger partial charge on any atom is -0.315 e. The van der Waals surface area contributed by atoms with E-state index in [9.17, 15) is 4.39 Å². The summed E-state index contributed by atoms with van der Waals surface area (Å²) in [5.74, 6) is -0.174. The number of aromatic nitrogens is 1. The van der Waals surface area contributed by atoms with Crippen molar-refractivity contribution in [1.29, 1.82) is 0 Å². The van der Waals surface area contributed by atoms with E-state index < -0.39 is 0 Å². The van der Waals surface area contributed by atoms with E-state index in [2.05, 4.69) is 15.2 Å². The number of rotatable bonds is 4. The molecule has 2 fully saturated rings. The van der Waals surface area contributed by atoms with Crippen molar-refractivity contribution in [1.82, 2.24) is 15.2 Å². The standard InChI is InChI=1S/C15H18FN3S/c16-10-1-4-13-14(7-10)20-15(18-13)9-19(11-2-3-11)12-5-6-17-8-12/h1,4,7,11-12,17H,2-3,5-6,8-9H2. The first kappa shape index (κ1) is 12.7. The monoisotopic (exact) mass is 291 g/mol. The van der Waals surface area contributed by atoms with Crippen LogP contribution in [-0.2, 0) is 6.54 Å². The van der Waals surface area contributed by atoms with Crippen LogP contribution in [0.3, 0.4) is 0 Å². The molecule has 1 atom stereocenters. The van der Waals surface area contributed by atoms with Crippen LogP contribution in [0.5, 0.6) is 0 Å². The third-order valence-corrected chi connectivity index (χ3v) is 5.23. The molecule has 1 aliphatic carbocycles. The van der Waals surface area contributed by atoms with Crippen molar-refractivity contribution < 1.29 is 4.39 Å². The zero-order chi connectivity index (χ0) is 13.5. The number of nitrogens with zero attached hydrogens (tertiary/aromatic N) is 2. The van der Waals surface area contributed by atoms with Crippen molar-refractivity contribution in [3.05, 3.63) is 29.0 Å². The smallest absolute Gasteiger partial charge is 0.124 e. The highest BCUT2D eigenvalue weighted by molar-refractivity contribution is 7.18. The van der Waals surface area contributed by atoms with E-state index in [0.717, 1.165) is 40.9 Å². The van der Waals surface area contributed by atoms with Gasteiger partial charge in [-0.25, -0.2) is 9.37 Å². The molecule has 3 nitrogen and oxygen atoms in total. The van der Waals surface area contributed by atoms with Gasteiger partial charge < -0.3 is 5.32 Å². The summed E-state index contributed by atoms with van der Waals surface area (Å²) in [6.07, 6.45) is 3.86. The van der Waals surface area contributed by atoms with E-state index in [1.165, 1.54) is 25.3 Å². The summed E-state index contributed by atoms with van der Waals surface area (Å²) in [4.78, 5) is 7.27. The molecule has 1 aromatic carbocycles. The summed E-state index contributed by atoms with van der Waals surface area (Å²) < 4.78 is 14.2. The molecule has 5 heteroatoms. The van der Waals surface area contributed by atoms with Gasteiger partial charge in [0.25, 0.3) is 0 Å². The highest BCUT2D eigenvalue weighted by Crippen LogP contribution is 2.33. The van der Waals surface area contributed by atoms with Gasteiger partial charge in [-0.3, -0.25) is 4.90 Å². The third-order valence-electron chi connectivity index (χ3n) is 4.23. The number of benzene rings is 1. The van der Waals surface area contributed by atoms with E-state index >= 15 is 0 Å².